The van der Waals surface area contributed by atoms with Crippen molar-refractivity contribution in [3.05, 3.63) is 78.4 Å². The molecule has 3 aromatic carbocycles. The molecule has 1 saturated carbocycles. The highest BCUT2D eigenvalue weighted by Gasteiger charge is 2.30. The summed E-state index contributed by atoms with van der Waals surface area (Å²) in [7, 11) is -3.84. The molecule has 0 heterocycles. The van der Waals surface area contributed by atoms with Gasteiger partial charge in [0.1, 0.15) is 6.04 Å². The largest absolute Gasteiger partial charge is 0.352 e. The third-order valence-electron chi connectivity index (χ3n) is 4.85. The summed E-state index contributed by atoms with van der Waals surface area (Å²) in [5.41, 5.74) is 0.902. The summed E-state index contributed by atoms with van der Waals surface area (Å²) >= 11 is 0. The molecule has 2 N–H and O–H groups in total. The van der Waals surface area contributed by atoms with Gasteiger partial charge < -0.3 is 5.32 Å². The minimum atomic E-state index is -3.84. The van der Waals surface area contributed by atoms with Crippen molar-refractivity contribution in [3.8, 4) is 0 Å². The first-order chi connectivity index (χ1) is 13.5. The first-order valence-corrected chi connectivity index (χ1v) is 10.8. The Morgan fingerprint density at radius 3 is 2.32 bits per heavy atom. The van der Waals surface area contributed by atoms with Gasteiger partial charge in [-0.1, -0.05) is 60.7 Å². The van der Waals surface area contributed by atoms with E-state index in [2.05, 4.69) is 10.0 Å². The lowest BCUT2D eigenvalue weighted by Crippen LogP contribution is -2.48. The Balaban J connectivity index is 1.60. The number of fused-ring (bicyclic) bond motifs is 1. The zero-order valence-electron chi connectivity index (χ0n) is 15.3. The van der Waals surface area contributed by atoms with Gasteiger partial charge in [0.15, 0.2) is 0 Å². The van der Waals surface area contributed by atoms with Crippen molar-refractivity contribution in [1.29, 1.82) is 0 Å². The van der Waals surface area contributed by atoms with E-state index in [0.29, 0.717) is 6.42 Å². The molecule has 1 fully saturated rings. The molecule has 0 bridgehead atoms. The lowest BCUT2D eigenvalue weighted by atomic mass is 10.1. The number of carbonyl (C=O) groups is 1. The zero-order valence-corrected chi connectivity index (χ0v) is 16.2. The minimum absolute atomic E-state index is 0.156. The van der Waals surface area contributed by atoms with E-state index in [4.69, 9.17) is 0 Å². The topological polar surface area (TPSA) is 75.3 Å². The molecule has 3 aromatic rings. The Bertz CT molecular complexity index is 1090. The Labute approximate surface area is 164 Å². The monoisotopic (exact) mass is 394 g/mol. The molecule has 0 aliphatic heterocycles. The van der Waals surface area contributed by atoms with Crippen LogP contribution in [0.3, 0.4) is 0 Å². The van der Waals surface area contributed by atoms with Crippen LogP contribution >= 0.6 is 0 Å². The first-order valence-electron chi connectivity index (χ1n) is 9.37. The van der Waals surface area contributed by atoms with Crippen LogP contribution in [0.2, 0.25) is 0 Å². The molecule has 0 radical (unpaired) electrons. The van der Waals surface area contributed by atoms with E-state index in [9.17, 15) is 13.2 Å². The quantitative estimate of drug-likeness (QED) is 0.647. The molecule has 0 saturated heterocycles. The molecule has 1 aliphatic rings. The Kier molecular flexibility index (Phi) is 5.15. The Morgan fingerprint density at radius 1 is 0.929 bits per heavy atom. The molecule has 1 atom stereocenters. The molecule has 1 aliphatic carbocycles. The van der Waals surface area contributed by atoms with Crippen LogP contribution in [0.25, 0.3) is 10.8 Å². The van der Waals surface area contributed by atoms with E-state index < -0.39 is 16.1 Å². The summed E-state index contributed by atoms with van der Waals surface area (Å²) in [6.45, 7) is 0. The van der Waals surface area contributed by atoms with Gasteiger partial charge in [-0.05, 0) is 47.7 Å². The van der Waals surface area contributed by atoms with Crippen LogP contribution in [0.15, 0.2) is 77.7 Å². The van der Waals surface area contributed by atoms with Crippen LogP contribution < -0.4 is 10.0 Å². The van der Waals surface area contributed by atoms with Crippen molar-refractivity contribution in [1.82, 2.24) is 10.0 Å². The molecule has 0 aromatic heterocycles. The fourth-order valence-corrected chi connectivity index (χ4v) is 4.39. The summed E-state index contributed by atoms with van der Waals surface area (Å²) in [6.07, 6.45) is 2.19. The number of benzene rings is 3. The van der Waals surface area contributed by atoms with Gasteiger partial charge >= 0.3 is 0 Å². The second-order valence-electron chi connectivity index (χ2n) is 7.16. The maximum absolute atomic E-state index is 13.0. The number of hydrogen-bond acceptors (Lipinski definition) is 3. The molecule has 4 rings (SSSR count). The van der Waals surface area contributed by atoms with Gasteiger partial charge in [-0.25, -0.2) is 8.42 Å². The van der Waals surface area contributed by atoms with Crippen molar-refractivity contribution in [2.45, 2.75) is 36.2 Å². The van der Waals surface area contributed by atoms with Crippen LogP contribution in [-0.2, 0) is 21.2 Å². The van der Waals surface area contributed by atoms with Crippen LogP contribution in [0.1, 0.15) is 18.4 Å². The van der Waals surface area contributed by atoms with Crippen LogP contribution in [0.4, 0.5) is 0 Å². The van der Waals surface area contributed by atoms with Crippen molar-refractivity contribution < 1.29 is 13.2 Å². The van der Waals surface area contributed by atoms with Gasteiger partial charge in [-0.2, -0.15) is 4.72 Å². The number of sulfonamides is 1. The standard InChI is InChI=1S/C22H22N2O3S/c25-22(23-19-11-12-19)21(14-16-6-2-1-3-7-16)24-28(26,27)20-13-10-17-8-4-5-9-18(17)15-20/h1-10,13,15,19,21,24H,11-12,14H2,(H,23,25). The van der Waals surface area contributed by atoms with E-state index in [1.165, 1.54) is 0 Å². The normalized spacial score (nSPS) is 15.3. The highest BCUT2D eigenvalue weighted by molar-refractivity contribution is 7.89. The maximum Gasteiger partial charge on any atom is 0.241 e. The summed E-state index contributed by atoms with van der Waals surface area (Å²) in [6, 6.07) is 21.3. The maximum atomic E-state index is 13.0. The van der Waals surface area contributed by atoms with Gasteiger partial charge in [0.05, 0.1) is 4.90 Å². The van der Waals surface area contributed by atoms with Crippen molar-refractivity contribution in [2.75, 3.05) is 0 Å². The Morgan fingerprint density at radius 2 is 1.61 bits per heavy atom. The highest BCUT2D eigenvalue weighted by atomic mass is 32.2. The van der Waals surface area contributed by atoms with Gasteiger partial charge in [0.2, 0.25) is 15.9 Å². The summed E-state index contributed by atoms with van der Waals surface area (Å²) in [5.74, 6) is -0.282. The van der Waals surface area contributed by atoms with Gasteiger partial charge in [0, 0.05) is 6.04 Å². The van der Waals surface area contributed by atoms with E-state index in [-0.39, 0.29) is 16.8 Å². The average Bonchev–Trinajstić information content (AvgIpc) is 3.51. The fourth-order valence-electron chi connectivity index (χ4n) is 3.16. The second-order valence-corrected chi connectivity index (χ2v) is 8.87. The molecule has 28 heavy (non-hydrogen) atoms. The van der Waals surface area contributed by atoms with Gasteiger partial charge in [-0.3, -0.25) is 4.79 Å². The lowest BCUT2D eigenvalue weighted by Gasteiger charge is -2.19. The van der Waals surface area contributed by atoms with Crippen molar-refractivity contribution >= 4 is 26.7 Å². The third kappa shape index (κ3) is 4.40. The van der Waals surface area contributed by atoms with Crippen molar-refractivity contribution in [3.63, 3.8) is 0 Å². The number of carbonyl (C=O) groups excluding carboxylic acids is 1. The van der Waals surface area contributed by atoms with Crippen LogP contribution in [0, 0.1) is 0 Å². The van der Waals surface area contributed by atoms with Crippen molar-refractivity contribution in [2.24, 2.45) is 0 Å². The summed E-state index contributed by atoms with van der Waals surface area (Å²) in [4.78, 5) is 12.8. The number of nitrogens with one attached hydrogen (secondary N) is 2. The molecular weight excluding hydrogens is 372 g/mol. The Hall–Kier alpha value is -2.70. The lowest BCUT2D eigenvalue weighted by molar-refractivity contribution is -0.122. The summed E-state index contributed by atoms with van der Waals surface area (Å²) < 4.78 is 28.6. The van der Waals surface area contributed by atoms with Crippen LogP contribution in [0.5, 0.6) is 0 Å². The molecular formula is C22H22N2O3S. The number of rotatable bonds is 7. The highest BCUT2D eigenvalue weighted by Crippen LogP contribution is 2.21. The van der Waals surface area contributed by atoms with E-state index >= 15 is 0 Å². The van der Waals surface area contributed by atoms with Gasteiger partial charge in [-0.15, -0.1) is 0 Å². The summed E-state index contributed by atoms with van der Waals surface area (Å²) in [5, 5.41) is 4.72. The predicted octanol–water partition coefficient (Wildman–Crippen LogP) is 3.01. The molecule has 144 valence electrons. The predicted molar refractivity (Wildman–Crippen MR) is 109 cm³/mol. The van der Waals surface area contributed by atoms with Gasteiger partial charge in [0.25, 0.3) is 0 Å². The molecule has 1 unspecified atom stereocenters. The number of amides is 1. The second kappa shape index (κ2) is 7.73. The zero-order chi connectivity index (χ0) is 19.6. The average molecular weight is 394 g/mol. The molecule has 5 nitrogen and oxygen atoms in total. The van der Waals surface area contributed by atoms with Crippen LogP contribution in [-0.4, -0.2) is 26.4 Å². The number of hydrogen-bond donors (Lipinski definition) is 2. The SMILES string of the molecule is O=C(NC1CC1)C(Cc1ccccc1)NS(=O)(=O)c1ccc2ccccc2c1. The smallest absolute Gasteiger partial charge is 0.241 e. The molecule has 1 amide bonds. The van der Waals surface area contributed by atoms with E-state index in [1.807, 2.05) is 54.6 Å². The molecule has 6 heteroatoms. The minimum Gasteiger partial charge on any atom is -0.352 e. The first kappa shape index (κ1) is 18.7. The fraction of sp³-hybridized carbons (Fsp3) is 0.227. The molecule has 0 spiro atoms. The van der Waals surface area contributed by atoms with E-state index in [1.54, 1.807) is 18.2 Å². The third-order valence-corrected chi connectivity index (χ3v) is 6.32. The van der Waals surface area contributed by atoms with E-state index in [0.717, 1.165) is 29.2 Å².